The molecule has 1 aromatic heterocycles. The highest BCUT2D eigenvalue weighted by atomic mass is 32.1. The molecule has 1 aromatic carbocycles. The minimum atomic E-state index is -2.86. The summed E-state index contributed by atoms with van der Waals surface area (Å²) in [5.41, 5.74) is 7.79. The third kappa shape index (κ3) is 3.13. The van der Waals surface area contributed by atoms with Gasteiger partial charge in [0.2, 0.25) is 0 Å². The fourth-order valence-electron chi connectivity index (χ4n) is 1.83. The zero-order valence-electron chi connectivity index (χ0n) is 11.4. The summed E-state index contributed by atoms with van der Waals surface area (Å²) < 4.78 is 33.2. The quantitative estimate of drug-likeness (QED) is 0.874. The minimum absolute atomic E-state index is 0.0733. The molecule has 4 nitrogen and oxygen atoms in total. The Morgan fingerprint density at radius 1 is 1.29 bits per heavy atom. The lowest BCUT2D eigenvalue weighted by Crippen LogP contribution is -2.01. The first-order chi connectivity index (χ1) is 9.93. The first-order valence-corrected chi connectivity index (χ1v) is 6.78. The Kier molecular flexibility index (Phi) is 4.42. The molecule has 0 amide bonds. The molecular formula is C14H13F2NO3S. The second-order valence-corrected chi connectivity index (χ2v) is 5.21. The van der Waals surface area contributed by atoms with Gasteiger partial charge in [-0.2, -0.15) is 8.78 Å². The Morgan fingerprint density at radius 2 is 1.90 bits per heavy atom. The highest BCUT2D eigenvalue weighted by Crippen LogP contribution is 2.38. The Morgan fingerprint density at radius 3 is 2.43 bits per heavy atom. The molecule has 2 N–H and O–H groups in total. The van der Waals surface area contributed by atoms with E-state index in [1.165, 1.54) is 30.6 Å². The van der Waals surface area contributed by atoms with Crippen molar-refractivity contribution in [3.05, 3.63) is 34.7 Å². The number of methoxy groups -OCH3 is 1. The molecule has 2 aromatic rings. The Bertz CT molecular complexity index is 653. The number of esters is 1. The average molecular weight is 313 g/mol. The summed E-state index contributed by atoms with van der Waals surface area (Å²) in [6.07, 6.45) is 0. The molecule has 0 unspecified atom stereocenters. The van der Waals surface area contributed by atoms with Crippen LogP contribution in [0, 0.1) is 6.92 Å². The lowest BCUT2D eigenvalue weighted by molar-refractivity contribution is -0.0498. The summed E-state index contributed by atoms with van der Waals surface area (Å²) >= 11 is 1.20. The third-order valence-electron chi connectivity index (χ3n) is 2.91. The fraction of sp³-hybridized carbons (Fsp3) is 0.214. The summed E-state index contributed by atoms with van der Waals surface area (Å²) in [5.74, 6) is -0.423. The summed E-state index contributed by atoms with van der Waals surface area (Å²) in [7, 11) is 1.28. The van der Waals surface area contributed by atoms with E-state index in [0.29, 0.717) is 10.6 Å². The Labute approximate surface area is 124 Å². The van der Waals surface area contributed by atoms with Crippen LogP contribution in [-0.4, -0.2) is 19.7 Å². The molecule has 21 heavy (non-hydrogen) atoms. The van der Waals surface area contributed by atoms with Gasteiger partial charge >= 0.3 is 12.6 Å². The van der Waals surface area contributed by atoms with E-state index in [9.17, 15) is 13.6 Å². The van der Waals surface area contributed by atoms with Crippen LogP contribution in [0.25, 0.3) is 10.4 Å². The number of nitrogen functional groups attached to an aromatic ring is 1. The van der Waals surface area contributed by atoms with E-state index in [-0.39, 0.29) is 5.75 Å². The van der Waals surface area contributed by atoms with Gasteiger partial charge in [-0.25, -0.2) is 4.79 Å². The summed E-state index contributed by atoms with van der Waals surface area (Å²) in [6, 6.07) is 6.15. The Balaban J connectivity index is 2.36. The van der Waals surface area contributed by atoms with Crippen LogP contribution >= 0.6 is 11.3 Å². The van der Waals surface area contributed by atoms with E-state index in [0.717, 1.165) is 16.0 Å². The lowest BCUT2D eigenvalue weighted by atomic mass is 10.1. The van der Waals surface area contributed by atoms with Gasteiger partial charge in [-0.3, -0.25) is 0 Å². The summed E-state index contributed by atoms with van der Waals surface area (Å²) in [6.45, 7) is -1.07. The second-order valence-electron chi connectivity index (χ2n) is 4.19. The van der Waals surface area contributed by atoms with Crippen molar-refractivity contribution >= 4 is 23.0 Å². The Hall–Kier alpha value is -2.15. The van der Waals surface area contributed by atoms with Gasteiger partial charge in [-0.15, -0.1) is 11.3 Å². The van der Waals surface area contributed by atoms with Gasteiger partial charge in [0.25, 0.3) is 0 Å². The van der Waals surface area contributed by atoms with E-state index >= 15 is 0 Å². The average Bonchev–Trinajstić information content (AvgIpc) is 2.75. The van der Waals surface area contributed by atoms with Crippen LogP contribution in [0.3, 0.4) is 0 Å². The van der Waals surface area contributed by atoms with Crippen LogP contribution in [0.1, 0.15) is 15.2 Å². The molecule has 0 spiro atoms. The number of ether oxygens (including phenoxy) is 2. The van der Waals surface area contributed by atoms with Gasteiger partial charge in [0.05, 0.1) is 12.8 Å². The zero-order chi connectivity index (χ0) is 15.6. The van der Waals surface area contributed by atoms with Crippen molar-refractivity contribution in [3.8, 4) is 16.2 Å². The van der Waals surface area contributed by atoms with Gasteiger partial charge in [0, 0.05) is 4.88 Å². The smallest absolute Gasteiger partial charge is 0.387 e. The number of halogens is 2. The maximum absolute atomic E-state index is 12.1. The maximum atomic E-state index is 12.1. The summed E-state index contributed by atoms with van der Waals surface area (Å²) in [4.78, 5) is 12.7. The highest BCUT2D eigenvalue weighted by molar-refractivity contribution is 7.18. The molecular weight excluding hydrogens is 300 g/mol. The number of alkyl halides is 2. The van der Waals surface area contributed by atoms with E-state index in [1.54, 1.807) is 19.1 Å². The molecule has 0 saturated carbocycles. The van der Waals surface area contributed by atoms with Crippen LogP contribution in [0.4, 0.5) is 14.5 Å². The topological polar surface area (TPSA) is 61.5 Å². The van der Waals surface area contributed by atoms with Crippen molar-refractivity contribution < 1.29 is 23.0 Å². The predicted octanol–water partition coefficient (Wildman–Crippen LogP) is 3.69. The molecule has 0 radical (unpaired) electrons. The fourth-order valence-corrected chi connectivity index (χ4v) is 2.98. The van der Waals surface area contributed by atoms with Gasteiger partial charge in [0.15, 0.2) is 0 Å². The number of benzene rings is 1. The molecule has 0 aliphatic heterocycles. The number of hydrogen-bond acceptors (Lipinski definition) is 5. The van der Waals surface area contributed by atoms with Crippen LogP contribution in [0.2, 0.25) is 0 Å². The number of rotatable bonds is 4. The van der Waals surface area contributed by atoms with Crippen molar-refractivity contribution in [3.63, 3.8) is 0 Å². The summed E-state index contributed by atoms with van der Waals surface area (Å²) in [5, 5.41) is 0. The number of thiophene rings is 1. The minimum Gasteiger partial charge on any atom is -0.465 e. The normalized spacial score (nSPS) is 10.7. The van der Waals surface area contributed by atoms with Crippen molar-refractivity contribution in [2.24, 2.45) is 0 Å². The molecule has 0 saturated heterocycles. The monoisotopic (exact) mass is 313 g/mol. The van der Waals surface area contributed by atoms with Gasteiger partial charge < -0.3 is 15.2 Å². The van der Waals surface area contributed by atoms with E-state index in [4.69, 9.17) is 5.73 Å². The molecule has 7 heteroatoms. The zero-order valence-corrected chi connectivity index (χ0v) is 12.2. The third-order valence-corrected chi connectivity index (χ3v) is 4.24. The van der Waals surface area contributed by atoms with E-state index in [2.05, 4.69) is 9.47 Å². The van der Waals surface area contributed by atoms with Crippen LogP contribution in [0.15, 0.2) is 24.3 Å². The van der Waals surface area contributed by atoms with Crippen LogP contribution in [0.5, 0.6) is 5.75 Å². The lowest BCUT2D eigenvalue weighted by Gasteiger charge is -2.05. The maximum Gasteiger partial charge on any atom is 0.387 e. The number of nitrogens with two attached hydrogens (primary N) is 1. The van der Waals surface area contributed by atoms with Gasteiger partial charge in [-0.1, -0.05) is 0 Å². The molecule has 2 rings (SSSR count). The van der Waals surface area contributed by atoms with Gasteiger partial charge in [-0.05, 0) is 42.3 Å². The standard InChI is InChI=1S/C14H13F2NO3S/c1-7-10(17)12(13(18)19-2)21-11(7)8-3-5-9(6-4-8)20-14(15)16/h3-6,14H,17H2,1-2H3. The molecule has 0 aliphatic carbocycles. The molecule has 0 fully saturated rings. The van der Waals surface area contributed by atoms with E-state index < -0.39 is 12.6 Å². The second kappa shape index (κ2) is 6.09. The van der Waals surface area contributed by atoms with Crippen LogP contribution in [-0.2, 0) is 4.74 Å². The van der Waals surface area contributed by atoms with Crippen molar-refractivity contribution in [2.45, 2.75) is 13.5 Å². The molecule has 0 aliphatic rings. The molecule has 112 valence electrons. The molecule has 0 atom stereocenters. The number of anilines is 1. The largest absolute Gasteiger partial charge is 0.465 e. The molecule has 1 heterocycles. The number of hydrogen-bond donors (Lipinski definition) is 1. The van der Waals surface area contributed by atoms with Gasteiger partial charge in [0.1, 0.15) is 10.6 Å². The SMILES string of the molecule is COC(=O)c1sc(-c2ccc(OC(F)F)cc2)c(C)c1N. The number of carbonyl (C=O) groups is 1. The molecule has 0 bridgehead atoms. The van der Waals surface area contributed by atoms with Crippen molar-refractivity contribution in [1.29, 1.82) is 0 Å². The first kappa shape index (κ1) is 15.2. The highest BCUT2D eigenvalue weighted by Gasteiger charge is 2.19. The number of carbonyl (C=O) groups excluding carboxylic acids is 1. The first-order valence-electron chi connectivity index (χ1n) is 5.96. The van der Waals surface area contributed by atoms with Crippen molar-refractivity contribution in [2.75, 3.05) is 12.8 Å². The van der Waals surface area contributed by atoms with E-state index in [1.807, 2.05) is 0 Å². The predicted molar refractivity (Wildman–Crippen MR) is 76.9 cm³/mol. The van der Waals surface area contributed by atoms with Crippen LogP contribution < -0.4 is 10.5 Å². The van der Waals surface area contributed by atoms with Crippen molar-refractivity contribution in [1.82, 2.24) is 0 Å².